The first-order valence-electron chi connectivity index (χ1n) is 6.27. The topological polar surface area (TPSA) is 35.5 Å². The minimum Gasteiger partial charge on any atom is -0.494 e. The minimum atomic E-state index is -0.628. The molecule has 0 aliphatic carbocycles. The lowest BCUT2D eigenvalue weighted by molar-refractivity contribution is 0.103. The van der Waals surface area contributed by atoms with E-state index in [-0.39, 0.29) is 17.1 Å². The standard InChI is InChI=1S/C16H13FO3/c1-19-14-4-2-3-13(15(14)17)16(18)10-5-6-11-8-20-9-12(11)7-10/h2-7H,8-9H2,1H3. The molecule has 0 unspecified atom stereocenters. The molecule has 3 rings (SSSR count). The number of benzene rings is 2. The number of methoxy groups -OCH3 is 1. The highest BCUT2D eigenvalue weighted by Crippen LogP contribution is 2.25. The molecule has 1 aliphatic rings. The van der Waals surface area contributed by atoms with Gasteiger partial charge in [0.2, 0.25) is 0 Å². The Balaban J connectivity index is 2.01. The van der Waals surface area contributed by atoms with Crippen LogP contribution in [0.25, 0.3) is 0 Å². The fraction of sp³-hybridized carbons (Fsp3) is 0.188. The van der Waals surface area contributed by atoms with Crippen LogP contribution in [-0.4, -0.2) is 12.9 Å². The predicted molar refractivity (Wildman–Crippen MR) is 71.3 cm³/mol. The number of rotatable bonds is 3. The highest BCUT2D eigenvalue weighted by molar-refractivity contribution is 6.09. The van der Waals surface area contributed by atoms with Gasteiger partial charge in [-0.1, -0.05) is 18.2 Å². The second kappa shape index (κ2) is 5.06. The molecule has 2 aromatic carbocycles. The molecule has 3 nitrogen and oxygen atoms in total. The maximum atomic E-state index is 14.1. The number of hydrogen-bond donors (Lipinski definition) is 0. The number of halogens is 1. The molecular weight excluding hydrogens is 259 g/mol. The van der Waals surface area contributed by atoms with Crippen molar-refractivity contribution in [3.05, 3.63) is 64.5 Å². The van der Waals surface area contributed by atoms with Crippen molar-refractivity contribution in [2.24, 2.45) is 0 Å². The quantitative estimate of drug-likeness (QED) is 0.805. The van der Waals surface area contributed by atoms with Crippen molar-refractivity contribution in [1.82, 2.24) is 0 Å². The van der Waals surface area contributed by atoms with Crippen molar-refractivity contribution in [2.45, 2.75) is 13.2 Å². The van der Waals surface area contributed by atoms with E-state index < -0.39 is 5.82 Å². The summed E-state index contributed by atoms with van der Waals surface area (Å²) in [6.45, 7) is 1.06. The third-order valence-electron chi connectivity index (χ3n) is 3.41. The van der Waals surface area contributed by atoms with Crippen LogP contribution >= 0.6 is 0 Å². The Bertz CT molecular complexity index is 679. The Labute approximate surface area is 115 Å². The van der Waals surface area contributed by atoms with Crippen LogP contribution in [0.3, 0.4) is 0 Å². The van der Waals surface area contributed by atoms with Gasteiger partial charge >= 0.3 is 0 Å². The van der Waals surface area contributed by atoms with E-state index in [9.17, 15) is 9.18 Å². The number of ether oxygens (including phenoxy) is 2. The molecule has 0 spiro atoms. The second-order valence-electron chi connectivity index (χ2n) is 4.63. The van der Waals surface area contributed by atoms with Gasteiger partial charge in [0, 0.05) is 5.56 Å². The highest BCUT2D eigenvalue weighted by atomic mass is 19.1. The SMILES string of the molecule is COc1cccc(C(=O)c2ccc3c(c2)COC3)c1F. The molecule has 0 radical (unpaired) electrons. The third-order valence-corrected chi connectivity index (χ3v) is 3.41. The number of hydrogen-bond acceptors (Lipinski definition) is 3. The normalized spacial score (nSPS) is 13.1. The van der Waals surface area contributed by atoms with E-state index in [1.807, 2.05) is 6.07 Å². The zero-order chi connectivity index (χ0) is 14.1. The minimum absolute atomic E-state index is 0.0169. The summed E-state index contributed by atoms with van der Waals surface area (Å²) in [5, 5.41) is 0. The Morgan fingerprint density at radius 1 is 1.20 bits per heavy atom. The van der Waals surface area contributed by atoms with E-state index in [0.29, 0.717) is 18.8 Å². The zero-order valence-corrected chi connectivity index (χ0v) is 11.0. The molecule has 20 heavy (non-hydrogen) atoms. The zero-order valence-electron chi connectivity index (χ0n) is 11.0. The van der Waals surface area contributed by atoms with E-state index in [4.69, 9.17) is 9.47 Å². The third kappa shape index (κ3) is 2.08. The van der Waals surface area contributed by atoms with Crippen molar-refractivity contribution >= 4 is 5.78 Å². The van der Waals surface area contributed by atoms with E-state index in [1.165, 1.54) is 19.2 Å². The van der Waals surface area contributed by atoms with Crippen molar-refractivity contribution < 1.29 is 18.7 Å². The largest absolute Gasteiger partial charge is 0.494 e. The van der Waals surface area contributed by atoms with Gasteiger partial charge < -0.3 is 9.47 Å². The van der Waals surface area contributed by atoms with Gasteiger partial charge in [0.15, 0.2) is 17.3 Å². The Hall–Kier alpha value is -2.20. The molecule has 0 aromatic heterocycles. The van der Waals surface area contributed by atoms with Crippen molar-refractivity contribution in [3.63, 3.8) is 0 Å². The number of fused-ring (bicyclic) bond motifs is 1. The smallest absolute Gasteiger partial charge is 0.196 e. The first kappa shape index (κ1) is 12.8. The van der Waals surface area contributed by atoms with Crippen molar-refractivity contribution in [1.29, 1.82) is 0 Å². The molecule has 0 fully saturated rings. The van der Waals surface area contributed by atoms with E-state index in [1.54, 1.807) is 18.2 Å². The summed E-state index contributed by atoms with van der Waals surface area (Å²) < 4.78 is 24.3. The van der Waals surface area contributed by atoms with Crippen LogP contribution in [0.1, 0.15) is 27.0 Å². The van der Waals surface area contributed by atoms with Crippen LogP contribution in [0.5, 0.6) is 5.75 Å². The van der Waals surface area contributed by atoms with Crippen LogP contribution < -0.4 is 4.74 Å². The van der Waals surface area contributed by atoms with Gasteiger partial charge in [-0.2, -0.15) is 0 Å². The lowest BCUT2D eigenvalue weighted by Gasteiger charge is -2.07. The van der Waals surface area contributed by atoms with Crippen LogP contribution in [0.15, 0.2) is 36.4 Å². The average Bonchev–Trinajstić information content (AvgIpc) is 2.94. The molecule has 1 aliphatic heterocycles. The maximum absolute atomic E-state index is 14.1. The Morgan fingerprint density at radius 3 is 2.80 bits per heavy atom. The summed E-state index contributed by atoms with van der Waals surface area (Å²) in [5.74, 6) is -0.909. The molecule has 0 saturated carbocycles. The molecule has 0 amide bonds. The van der Waals surface area contributed by atoms with Gasteiger partial charge in [0.25, 0.3) is 0 Å². The average molecular weight is 272 g/mol. The Kier molecular flexibility index (Phi) is 3.24. The van der Waals surface area contributed by atoms with Crippen LogP contribution in [0, 0.1) is 5.82 Å². The lowest BCUT2D eigenvalue weighted by atomic mass is 9.99. The molecular formula is C16H13FO3. The molecule has 0 atom stereocenters. The van der Waals surface area contributed by atoms with Crippen molar-refractivity contribution in [3.8, 4) is 5.75 Å². The number of carbonyl (C=O) groups excluding carboxylic acids is 1. The highest BCUT2D eigenvalue weighted by Gasteiger charge is 2.19. The molecule has 0 saturated heterocycles. The van der Waals surface area contributed by atoms with Gasteiger partial charge in [0.05, 0.1) is 25.9 Å². The summed E-state index contributed by atoms with van der Waals surface area (Å²) in [5.41, 5.74) is 2.54. The number of carbonyl (C=O) groups is 1. The number of ketones is 1. The summed E-state index contributed by atoms with van der Waals surface area (Å²) in [6.07, 6.45) is 0. The van der Waals surface area contributed by atoms with Crippen LogP contribution in [-0.2, 0) is 18.0 Å². The lowest BCUT2D eigenvalue weighted by Crippen LogP contribution is -2.06. The summed E-state index contributed by atoms with van der Waals surface area (Å²) >= 11 is 0. The summed E-state index contributed by atoms with van der Waals surface area (Å²) in [7, 11) is 1.37. The first-order valence-corrected chi connectivity index (χ1v) is 6.27. The maximum Gasteiger partial charge on any atom is 0.196 e. The van der Waals surface area contributed by atoms with Crippen LogP contribution in [0.2, 0.25) is 0 Å². The van der Waals surface area contributed by atoms with E-state index >= 15 is 0 Å². The van der Waals surface area contributed by atoms with Gasteiger partial charge in [0.1, 0.15) is 0 Å². The molecule has 0 bridgehead atoms. The van der Waals surface area contributed by atoms with E-state index in [2.05, 4.69) is 0 Å². The molecule has 102 valence electrons. The van der Waals surface area contributed by atoms with Crippen molar-refractivity contribution in [2.75, 3.05) is 7.11 Å². The molecule has 2 aromatic rings. The van der Waals surface area contributed by atoms with Gasteiger partial charge in [-0.25, -0.2) is 4.39 Å². The van der Waals surface area contributed by atoms with Gasteiger partial charge in [-0.05, 0) is 29.3 Å². The van der Waals surface area contributed by atoms with Crippen LogP contribution in [0.4, 0.5) is 4.39 Å². The molecule has 0 N–H and O–H groups in total. The monoisotopic (exact) mass is 272 g/mol. The van der Waals surface area contributed by atoms with Gasteiger partial charge in [-0.15, -0.1) is 0 Å². The predicted octanol–water partition coefficient (Wildman–Crippen LogP) is 3.10. The van der Waals surface area contributed by atoms with E-state index in [0.717, 1.165) is 11.1 Å². The second-order valence-corrected chi connectivity index (χ2v) is 4.63. The Morgan fingerprint density at radius 2 is 2.00 bits per heavy atom. The summed E-state index contributed by atoms with van der Waals surface area (Å²) in [4.78, 5) is 12.4. The van der Waals surface area contributed by atoms with Gasteiger partial charge in [-0.3, -0.25) is 4.79 Å². The fourth-order valence-corrected chi connectivity index (χ4v) is 2.31. The molecule has 4 heteroatoms. The molecule has 1 heterocycles. The first-order chi connectivity index (χ1) is 9.70. The summed E-state index contributed by atoms with van der Waals surface area (Å²) in [6, 6.07) is 9.88. The fourth-order valence-electron chi connectivity index (χ4n) is 2.31.